The molecule has 0 aliphatic rings. The van der Waals surface area contributed by atoms with Crippen LogP contribution in [0, 0.1) is 0 Å². The molecule has 1 aromatic carbocycles. The van der Waals surface area contributed by atoms with E-state index in [9.17, 15) is 9.90 Å². The fraction of sp³-hybridized carbons (Fsp3) is 0.133. The van der Waals surface area contributed by atoms with E-state index in [2.05, 4.69) is 20.2 Å². The lowest BCUT2D eigenvalue weighted by molar-refractivity contribution is 0.178. The number of urea groups is 1. The number of amides is 2. The van der Waals surface area contributed by atoms with Crippen molar-refractivity contribution in [2.45, 2.75) is 6.10 Å². The van der Waals surface area contributed by atoms with E-state index < -0.39 is 6.10 Å². The summed E-state index contributed by atoms with van der Waals surface area (Å²) in [5, 5.41) is 23.0. The Labute approximate surface area is 141 Å². The van der Waals surface area contributed by atoms with E-state index in [4.69, 9.17) is 0 Å². The molecular formula is C15H14N4O2S2. The third-order valence-electron chi connectivity index (χ3n) is 3.13. The molecule has 0 spiro atoms. The van der Waals surface area contributed by atoms with Crippen molar-refractivity contribution in [3.63, 3.8) is 0 Å². The molecule has 23 heavy (non-hydrogen) atoms. The van der Waals surface area contributed by atoms with E-state index in [-0.39, 0.29) is 12.6 Å². The zero-order valence-corrected chi connectivity index (χ0v) is 13.6. The van der Waals surface area contributed by atoms with Gasteiger partial charge in [-0.05, 0) is 35.1 Å². The summed E-state index contributed by atoms with van der Waals surface area (Å²) in [6.45, 7) is 0.162. The second-order valence-electron chi connectivity index (χ2n) is 4.73. The summed E-state index contributed by atoms with van der Waals surface area (Å²) in [6.07, 6.45) is -0.694. The van der Waals surface area contributed by atoms with Crippen LogP contribution in [-0.2, 0) is 0 Å². The third kappa shape index (κ3) is 4.13. The Bertz CT molecular complexity index is 742. The highest BCUT2D eigenvalue weighted by atomic mass is 32.1. The number of anilines is 1. The van der Waals surface area contributed by atoms with Gasteiger partial charge >= 0.3 is 6.03 Å². The van der Waals surface area contributed by atoms with Gasteiger partial charge in [-0.15, -0.1) is 16.4 Å². The molecule has 0 saturated heterocycles. The summed E-state index contributed by atoms with van der Waals surface area (Å²) in [5.74, 6) is 0. The molecule has 0 unspecified atom stereocenters. The SMILES string of the molecule is O=C(NC[C@@H](O)c1cccs1)Nc1ccc(-c2csnn2)cc1. The molecule has 0 aliphatic heterocycles. The minimum Gasteiger partial charge on any atom is -0.386 e. The number of nitrogens with one attached hydrogen (secondary N) is 2. The summed E-state index contributed by atoms with van der Waals surface area (Å²) < 4.78 is 3.82. The smallest absolute Gasteiger partial charge is 0.319 e. The van der Waals surface area contributed by atoms with Crippen LogP contribution in [0.2, 0.25) is 0 Å². The molecule has 3 aromatic rings. The lowest BCUT2D eigenvalue weighted by atomic mass is 10.1. The Kier molecular flexibility index (Phi) is 4.96. The molecule has 0 saturated carbocycles. The topological polar surface area (TPSA) is 87.1 Å². The number of hydrogen-bond donors (Lipinski definition) is 3. The van der Waals surface area contributed by atoms with Crippen LogP contribution in [0.25, 0.3) is 11.3 Å². The van der Waals surface area contributed by atoms with E-state index in [1.165, 1.54) is 22.9 Å². The fourth-order valence-electron chi connectivity index (χ4n) is 1.96. The number of thiophene rings is 1. The molecule has 3 rings (SSSR count). The highest BCUT2D eigenvalue weighted by Gasteiger charge is 2.10. The Balaban J connectivity index is 1.51. The molecule has 6 nitrogen and oxygen atoms in total. The van der Waals surface area contributed by atoms with Crippen molar-refractivity contribution in [1.29, 1.82) is 0 Å². The first kappa shape index (κ1) is 15.6. The normalized spacial score (nSPS) is 11.9. The largest absolute Gasteiger partial charge is 0.386 e. The van der Waals surface area contributed by atoms with Gasteiger partial charge in [-0.1, -0.05) is 22.7 Å². The van der Waals surface area contributed by atoms with E-state index >= 15 is 0 Å². The van der Waals surface area contributed by atoms with Crippen LogP contribution in [0.3, 0.4) is 0 Å². The van der Waals surface area contributed by atoms with Crippen molar-refractivity contribution in [3.8, 4) is 11.3 Å². The standard InChI is InChI=1S/C15H14N4O2S2/c20-13(14-2-1-7-22-14)8-16-15(21)17-11-5-3-10(4-6-11)12-9-23-19-18-12/h1-7,9,13,20H,8H2,(H2,16,17,21)/t13-/m1/s1. The molecule has 0 fully saturated rings. The third-order valence-corrected chi connectivity index (χ3v) is 4.60. The minimum absolute atomic E-state index is 0.162. The second kappa shape index (κ2) is 7.32. The number of aliphatic hydroxyl groups excluding tert-OH is 1. The number of hydrogen-bond acceptors (Lipinski definition) is 6. The zero-order chi connectivity index (χ0) is 16.1. The summed E-state index contributed by atoms with van der Waals surface area (Å²) in [6, 6.07) is 10.7. The van der Waals surface area contributed by atoms with Gasteiger partial charge in [0.1, 0.15) is 11.8 Å². The van der Waals surface area contributed by atoms with Crippen LogP contribution in [0.1, 0.15) is 11.0 Å². The van der Waals surface area contributed by atoms with Crippen molar-refractivity contribution in [3.05, 3.63) is 52.0 Å². The molecule has 2 amide bonds. The maximum Gasteiger partial charge on any atom is 0.319 e. The summed E-state index contributed by atoms with van der Waals surface area (Å²) in [5.41, 5.74) is 2.42. The summed E-state index contributed by atoms with van der Waals surface area (Å²) in [4.78, 5) is 12.7. The molecule has 0 bridgehead atoms. The summed E-state index contributed by atoms with van der Waals surface area (Å²) in [7, 11) is 0. The van der Waals surface area contributed by atoms with Gasteiger partial charge in [0, 0.05) is 21.5 Å². The summed E-state index contributed by atoms with van der Waals surface area (Å²) >= 11 is 2.75. The lowest BCUT2D eigenvalue weighted by Gasteiger charge is -2.11. The molecule has 3 N–H and O–H groups in total. The van der Waals surface area contributed by atoms with Crippen LogP contribution in [0.4, 0.5) is 10.5 Å². The van der Waals surface area contributed by atoms with Gasteiger partial charge in [-0.25, -0.2) is 4.79 Å². The fourth-order valence-corrected chi connectivity index (χ4v) is 3.14. The molecule has 2 heterocycles. The Hall–Kier alpha value is -2.29. The van der Waals surface area contributed by atoms with Crippen molar-refractivity contribution in [2.24, 2.45) is 0 Å². The number of benzene rings is 1. The highest BCUT2D eigenvalue weighted by Crippen LogP contribution is 2.20. The van der Waals surface area contributed by atoms with Gasteiger partial charge in [0.25, 0.3) is 0 Å². The predicted octanol–water partition coefficient (Wildman–Crippen LogP) is 3.12. The van der Waals surface area contributed by atoms with E-state index in [0.29, 0.717) is 5.69 Å². The quantitative estimate of drug-likeness (QED) is 0.662. The van der Waals surface area contributed by atoms with Gasteiger partial charge in [-0.3, -0.25) is 0 Å². The monoisotopic (exact) mass is 346 g/mol. The van der Waals surface area contributed by atoms with Crippen LogP contribution in [0.5, 0.6) is 0 Å². The Morgan fingerprint density at radius 1 is 1.26 bits per heavy atom. The Morgan fingerprint density at radius 3 is 2.74 bits per heavy atom. The maximum absolute atomic E-state index is 11.8. The van der Waals surface area contributed by atoms with E-state index in [1.807, 2.05) is 35.0 Å². The second-order valence-corrected chi connectivity index (χ2v) is 6.32. The van der Waals surface area contributed by atoms with E-state index in [0.717, 1.165) is 16.1 Å². The van der Waals surface area contributed by atoms with Crippen LogP contribution < -0.4 is 10.6 Å². The predicted molar refractivity (Wildman–Crippen MR) is 91.6 cm³/mol. The molecule has 1 atom stereocenters. The first-order valence-corrected chi connectivity index (χ1v) is 8.58. The number of carbonyl (C=O) groups is 1. The molecule has 8 heteroatoms. The van der Waals surface area contributed by atoms with Gasteiger partial charge < -0.3 is 15.7 Å². The molecule has 0 radical (unpaired) electrons. The Morgan fingerprint density at radius 2 is 2.09 bits per heavy atom. The van der Waals surface area contributed by atoms with Crippen molar-refractivity contribution in [1.82, 2.24) is 14.9 Å². The van der Waals surface area contributed by atoms with Gasteiger partial charge in [0.05, 0.1) is 6.54 Å². The highest BCUT2D eigenvalue weighted by molar-refractivity contribution is 7.10. The van der Waals surface area contributed by atoms with Gasteiger partial charge in [0.15, 0.2) is 0 Å². The minimum atomic E-state index is -0.694. The van der Waals surface area contributed by atoms with Gasteiger partial charge in [0.2, 0.25) is 0 Å². The number of nitrogens with zero attached hydrogens (tertiary/aromatic N) is 2. The van der Waals surface area contributed by atoms with Crippen LogP contribution >= 0.6 is 22.9 Å². The maximum atomic E-state index is 11.8. The molecular weight excluding hydrogens is 332 g/mol. The molecule has 118 valence electrons. The average Bonchev–Trinajstić information content (AvgIpc) is 3.26. The van der Waals surface area contributed by atoms with Crippen molar-refractivity contribution >= 4 is 34.6 Å². The number of aliphatic hydroxyl groups is 1. The average molecular weight is 346 g/mol. The van der Waals surface area contributed by atoms with Gasteiger partial charge in [-0.2, -0.15) is 0 Å². The number of carbonyl (C=O) groups excluding carboxylic acids is 1. The molecule has 0 aliphatic carbocycles. The van der Waals surface area contributed by atoms with Crippen LogP contribution in [-0.4, -0.2) is 27.3 Å². The number of aromatic nitrogens is 2. The first-order chi connectivity index (χ1) is 11.2. The molecule has 2 aromatic heterocycles. The van der Waals surface area contributed by atoms with E-state index in [1.54, 1.807) is 12.1 Å². The van der Waals surface area contributed by atoms with Crippen molar-refractivity contribution < 1.29 is 9.90 Å². The first-order valence-electron chi connectivity index (χ1n) is 6.86. The zero-order valence-electron chi connectivity index (χ0n) is 12.0. The van der Waals surface area contributed by atoms with Crippen LogP contribution in [0.15, 0.2) is 47.2 Å². The number of rotatable bonds is 5. The lowest BCUT2D eigenvalue weighted by Crippen LogP contribution is -2.32. The van der Waals surface area contributed by atoms with Crippen molar-refractivity contribution in [2.75, 3.05) is 11.9 Å².